The van der Waals surface area contributed by atoms with Crippen LogP contribution in [-0.2, 0) is 0 Å². The summed E-state index contributed by atoms with van der Waals surface area (Å²) in [7, 11) is 25.2. The van der Waals surface area contributed by atoms with Crippen molar-refractivity contribution in [3.63, 3.8) is 0 Å². The predicted octanol–water partition coefficient (Wildman–Crippen LogP) is 4.79. The van der Waals surface area contributed by atoms with Gasteiger partial charge in [0.1, 0.15) is 0 Å². The van der Waals surface area contributed by atoms with Gasteiger partial charge in [-0.15, -0.1) is 0 Å². The standard InChI is InChI=1S/AsF5.5ClH.Sb/c2-1(3,4,5)6;;;;;;/h;5*1H;/q;;;;;;+5/p-5. The monoisotopic (exact) mass is 466 g/mol. The molecule has 0 aliphatic carbocycles. The van der Waals surface area contributed by atoms with E-state index < -0.39 is 26.5 Å². The maximum absolute atomic E-state index is 9.89. The van der Waals surface area contributed by atoms with Crippen molar-refractivity contribution in [3.8, 4) is 0 Å². The van der Waals surface area contributed by atoms with E-state index in [2.05, 4.69) is 0 Å². The van der Waals surface area contributed by atoms with Crippen LogP contribution in [0.1, 0.15) is 0 Å². The summed E-state index contributed by atoms with van der Waals surface area (Å²) in [5.74, 6) is 0. The number of hydrogen-bond donors (Lipinski definition) is 0. The second kappa shape index (κ2) is 4.15. The topological polar surface area (TPSA) is 0 Å². The minimum atomic E-state index is -8.99. The minimum absolute atomic E-state index is 4.33. The first-order chi connectivity index (χ1) is 4.47. The Labute approximate surface area is 86.8 Å². The van der Waals surface area contributed by atoms with Crippen molar-refractivity contribution in [2.45, 2.75) is 0 Å². The van der Waals surface area contributed by atoms with Crippen LogP contribution < -0.4 is 0 Å². The third-order valence-corrected chi connectivity index (χ3v) is 0. The van der Waals surface area contributed by atoms with Crippen molar-refractivity contribution in [2.75, 3.05) is 0 Å². The molecule has 80 valence electrons. The first-order valence-electron chi connectivity index (χ1n) is 1.69. The van der Waals surface area contributed by atoms with E-state index in [-0.39, 0.29) is 0 Å². The second-order valence-electron chi connectivity index (χ2n) is 1.28. The summed E-state index contributed by atoms with van der Waals surface area (Å²) in [5, 5.41) is 0. The van der Waals surface area contributed by atoms with Gasteiger partial charge in [-0.1, -0.05) is 0 Å². The molecule has 0 rings (SSSR count). The molecule has 0 aromatic carbocycles. The van der Waals surface area contributed by atoms with Crippen LogP contribution in [0.3, 0.4) is 0 Å². The molecule has 0 amide bonds. The molecule has 0 N–H and O–H groups in total. The van der Waals surface area contributed by atoms with Crippen LogP contribution in [0, 0.1) is 0 Å². The molecule has 0 nitrogen and oxygen atoms in total. The van der Waals surface area contributed by atoms with Gasteiger partial charge in [0.2, 0.25) is 0 Å². The van der Waals surface area contributed by atoms with Crippen LogP contribution in [0.15, 0.2) is 0 Å². The van der Waals surface area contributed by atoms with E-state index in [4.69, 9.17) is 44.1 Å². The third-order valence-electron chi connectivity index (χ3n) is 0. The molecule has 0 unspecified atom stereocenters. The van der Waals surface area contributed by atoms with Gasteiger partial charge in [0, 0.05) is 0 Å². The van der Waals surface area contributed by atoms with Crippen LogP contribution >= 0.6 is 44.1 Å². The average Bonchev–Trinajstić information content (AvgIpc) is 1.02. The Morgan fingerprint density at radius 2 is 0.667 bits per heavy atom. The molecule has 0 saturated heterocycles. The van der Waals surface area contributed by atoms with Crippen molar-refractivity contribution in [3.05, 3.63) is 0 Å². The van der Waals surface area contributed by atoms with Crippen LogP contribution in [0.2, 0.25) is 0 Å². The summed E-state index contributed by atoms with van der Waals surface area (Å²) in [6.07, 6.45) is 0. The molecule has 0 saturated carbocycles. The quantitative estimate of drug-likeness (QED) is 0.354. The number of rotatable bonds is 0. The van der Waals surface area contributed by atoms with Gasteiger partial charge in [0.15, 0.2) is 0 Å². The van der Waals surface area contributed by atoms with Gasteiger partial charge in [0.25, 0.3) is 0 Å². The summed E-state index contributed by atoms with van der Waals surface area (Å²) >= 11 is -13.3. The molecule has 0 spiro atoms. The molecular formula is AsCl5F5Sb. The van der Waals surface area contributed by atoms with Gasteiger partial charge in [-0.25, -0.2) is 0 Å². The predicted molar refractivity (Wildman–Crippen MR) is 46.3 cm³/mol. The molecule has 0 atom stereocenters. The number of hydrogen-bond acceptors (Lipinski definition) is 0. The molecule has 0 heterocycles. The van der Waals surface area contributed by atoms with Crippen molar-refractivity contribution in [1.82, 2.24) is 0 Å². The van der Waals surface area contributed by atoms with E-state index in [0.717, 1.165) is 0 Å². The van der Waals surface area contributed by atoms with Crippen LogP contribution in [0.25, 0.3) is 0 Å². The Hall–Kier alpha value is 2.48. The maximum atomic E-state index is 9.89. The van der Waals surface area contributed by atoms with Gasteiger partial charge < -0.3 is 0 Å². The Morgan fingerprint density at radius 1 is 0.667 bits per heavy atom. The fourth-order valence-electron chi connectivity index (χ4n) is 0. The molecule has 0 aliphatic heterocycles. The van der Waals surface area contributed by atoms with Gasteiger partial charge >= 0.3 is 88.0 Å². The molecule has 12 heteroatoms. The molecular weight excluding hydrogens is 469 g/mol. The van der Waals surface area contributed by atoms with Crippen molar-refractivity contribution in [2.24, 2.45) is 0 Å². The van der Waals surface area contributed by atoms with E-state index in [1.807, 2.05) is 0 Å². The SMILES string of the molecule is F[As](F)(F)(F)F.[Cl][Sb]([Cl])([Cl])([Cl])[Cl]. The van der Waals surface area contributed by atoms with Gasteiger partial charge in [-0.2, -0.15) is 0 Å². The Bertz CT molecular complexity index is 106. The molecule has 0 aromatic rings. The molecule has 0 aliphatic rings. The summed E-state index contributed by atoms with van der Waals surface area (Å²) < 4.78 is 49.4. The van der Waals surface area contributed by atoms with Gasteiger partial charge in [-0.05, 0) is 0 Å². The zero-order valence-corrected chi connectivity index (χ0v) is 12.9. The van der Waals surface area contributed by atoms with Gasteiger partial charge in [0.05, 0.1) is 0 Å². The van der Waals surface area contributed by atoms with E-state index >= 15 is 0 Å². The summed E-state index contributed by atoms with van der Waals surface area (Å²) in [6, 6.07) is 0. The van der Waals surface area contributed by atoms with Crippen LogP contribution in [0.5, 0.6) is 0 Å². The van der Waals surface area contributed by atoms with E-state index in [0.29, 0.717) is 0 Å². The number of halogens is 10. The van der Waals surface area contributed by atoms with E-state index in [1.165, 1.54) is 0 Å². The van der Waals surface area contributed by atoms with Crippen molar-refractivity contribution < 1.29 is 17.3 Å². The molecule has 12 heavy (non-hydrogen) atoms. The zero-order chi connectivity index (χ0) is 10.9. The summed E-state index contributed by atoms with van der Waals surface area (Å²) in [6.45, 7) is 0. The normalized spacial score (nSPS) is 19.2. The van der Waals surface area contributed by atoms with E-state index in [1.54, 1.807) is 0 Å². The van der Waals surface area contributed by atoms with Crippen molar-refractivity contribution in [1.29, 1.82) is 0 Å². The van der Waals surface area contributed by atoms with E-state index in [9.17, 15) is 17.3 Å². The van der Waals surface area contributed by atoms with Crippen molar-refractivity contribution >= 4 is 70.6 Å². The average molecular weight is 469 g/mol. The molecule has 0 fully saturated rings. The van der Waals surface area contributed by atoms with Crippen LogP contribution in [0.4, 0.5) is 17.3 Å². The zero-order valence-electron chi connectivity index (χ0n) is 4.67. The Kier molecular flexibility index (Phi) is 5.84. The fourth-order valence-corrected chi connectivity index (χ4v) is 0. The van der Waals surface area contributed by atoms with Gasteiger partial charge in [-0.3, -0.25) is 0 Å². The summed E-state index contributed by atoms with van der Waals surface area (Å²) in [5.41, 5.74) is 0. The second-order valence-corrected chi connectivity index (χ2v) is 41.9. The molecule has 0 aromatic heterocycles. The first kappa shape index (κ1) is 16.9. The third kappa shape index (κ3) is 268. The fraction of sp³-hybridized carbons (Fsp3) is 0. The molecule has 0 radical (unpaired) electrons. The molecule has 0 bridgehead atoms. The summed E-state index contributed by atoms with van der Waals surface area (Å²) in [4.78, 5) is 0. The first-order valence-corrected chi connectivity index (χ1v) is 21.4. The van der Waals surface area contributed by atoms with Crippen LogP contribution in [-0.4, -0.2) is 26.5 Å². The Morgan fingerprint density at radius 3 is 0.667 bits per heavy atom. The Balaban J connectivity index is 0.